The molecule has 1 aliphatic rings. The smallest absolute Gasteiger partial charge is 0.246 e. The molecule has 1 saturated heterocycles. The van der Waals surface area contributed by atoms with Gasteiger partial charge < -0.3 is 4.74 Å². The van der Waals surface area contributed by atoms with E-state index in [0.29, 0.717) is 38.2 Å². The molecule has 0 amide bonds. The van der Waals surface area contributed by atoms with Crippen molar-refractivity contribution in [3.63, 3.8) is 0 Å². The Kier molecular flexibility index (Phi) is 7.13. The predicted octanol–water partition coefficient (Wildman–Crippen LogP) is 5.35. The molecule has 0 spiro atoms. The monoisotopic (exact) mass is 573 g/mol. The summed E-state index contributed by atoms with van der Waals surface area (Å²) in [5, 5.41) is 9.73. The number of halogens is 1. The summed E-state index contributed by atoms with van der Waals surface area (Å²) < 4.78 is 52.1. The molecule has 0 saturated carbocycles. The number of hydrogen-bond donors (Lipinski definition) is 0. The van der Waals surface area contributed by atoms with Crippen LogP contribution in [0, 0.1) is 5.82 Å². The molecule has 1 atom stereocenters. The molecule has 2 aromatic heterocycles. The van der Waals surface area contributed by atoms with Crippen LogP contribution in [-0.2, 0) is 28.4 Å². The first-order chi connectivity index (χ1) is 19.8. The van der Waals surface area contributed by atoms with Crippen molar-refractivity contribution in [1.82, 2.24) is 23.9 Å². The number of aryl methyl sites for hydroxylation is 1. The van der Waals surface area contributed by atoms with Gasteiger partial charge in [0.05, 0.1) is 30.7 Å². The average Bonchev–Trinajstić information content (AvgIpc) is 3.73. The standard InChI is InChI=1S/C31H32FN5O3S/c1-3-14-35-21-27(20-33-35)41(38,39)36-15-13-31(22-36,18-23-7-5-4-6-8-23)28-16-24-19-34-37(29(24)17-30(28)40-2)26-11-9-25(32)10-12-26/h4-12,16-17,19-21H,3,13-15,18,22H2,1-2H3. The lowest BCUT2D eigenvalue weighted by atomic mass is 9.74. The number of rotatable bonds is 9. The van der Waals surface area contributed by atoms with Gasteiger partial charge in [0.1, 0.15) is 16.5 Å². The zero-order chi connectivity index (χ0) is 28.6. The average molecular weight is 574 g/mol. The van der Waals surface area contributed by atoms with Crippen LogP contribution in [0.3, 0.4) is 0 Å². The van der Waals surface area contributed by atoms with Crippen LogP contribution in [0.5, 0.6) is 5.75 Å². The zero-order valence-electron chi connectivity index (χ0n) is 23.1. The molecule has 8 nitrogen and oxygen atoms in total. The van der Waals surface area contributed by atoms with E-state index in [4.69, 9.17) is 4.74 Å². The summed E-state index contributed by atoms with van der Waals surface area (Å²) in [5.41, 5.74) is 3.07. The summed E-state index contributed by atoms with van der Waals surface area (Å²) in [7, 11) is -2.11. The summed E-state index contributed by atoms with van der Waals surface area (Å²) in [4.78, 5) is 0.212. The minimum Gasteiger partial charge on any atom is -0.496 e. The Balaban J connectivity index is 1.43. The zero-order valence-corrected chi connectivity index (χ0v) is 23.9. The molecule has 5 aromatic rings. The Morgan fingerprint density at radius 3 is 2.54 bits per heavy atom. The van der Waals surface area contributed by atoms with Crippen LogP contribution in [-0.4, -0.2) is 52.5 Å². The summed E-state index contributed by atoms with van der Waals surface area (Å²) in [6.07, 6.45) is 6.97. The highest BCUT2D eigenvalue weighted by Gasteiger charge is 2.46. The maximum Gasteiger partial charge on any atom is 0.246 e. The van der Waals surface area contributed by atoms with Gasteiger partial charge in [-0.3, -0.25) is 4.68 Å². The van der Waals surface area contributed by atoms with Gasteiger partial charge in [0.25, 0.3) is 0 Å². The second-order valence-corrected chi connectivity index (χ2v) is 12.6. The number of fused-ring (bicyclic) bond motifs is 1. The fourth-order valence-electron chi connectivity index (χ4n) is 5.89. The maximum atomic E-state index is 13.8. The highest BCUT2D eigenvalue weighted by Crippen LogP contribution is 2.45. The molecule has 41 heavy (non-hydrogen) atoms. The third-order valence-corrected chi connectivity index (χ3v) is 9.73. The summed E-state index contributed by atoms with van der Waals surface area (Å²) in [6, 6.07) is 20.3. The third kappa shape index (κ3) is 5.02. The second kappa shape index (κ2) is 10.8. The van der Waals surface area contributed by atoms with E-state index < -0.39 is 15.4 Å². The van der Waals surface area contributed by atoms with E-state index in [1.165, 1.54) is 18.3 Å². The normalized spacial score (nSPS) is 17.8. The molecular formula is C31H32FN5O3S. The maximum absolute atomic E-state index is 13.8. The Bertz CT molecular complexity index is 1780. The molecule has 1 aliphatic heterocycles. The number of sulfonamides is 1. The van der Waals surface area contributed by atoms with Crippen LogP contribution in [0.4, 0.5) is 4.39 Å². The van der Waals surface area contributed by atoms with Gasteiger partial charge in [0, 0.05) is 48.3 Å². The first-order valence-electron chi connectivity index (χ1n) is 13.7. The van der Waals surface area contributed by atoms with E-state index in [9.17, 15) is 12.8 Å². The van der Waals surface area contributed by atoms with Crippen molar-refractivity contribution in [1.29, 1.82) is 0 Å². The van der Waals surface area contributed by atoms with Crippen molar-refractivity contribution in [3.8, 4) is 11.4 Å². The molecule has 3 heterocycles. The Hall–Kier alpha value is -4.02. The quantitative estimate of drug-likeness (QED) is 0.237. The van der Waals surface area contributed by atoms with E-state index in [-0.39, 0.29) is 10.7 Å². The van der Waals surface area contributed by atoms with Crippen molar-refractivity contribution in [3.05, 3.63) is 102 Å². The molecule has 1 fully saturated rings. The SMILES string of the molecule is CCCn1cc(S(=O)(=O)N2CCC(Cc3ccccc3)(c3cc4cnn(-c5ccc(F)cc5)c4cc3OC)C2)cn1. The summed E-state index contributed by atoms with van der Waals surface area (Å²) in [5.74, 6) is 0.346. The molecule has 212 valence electrons. The molecule has 0 bridgehead atoms. The van der Waals surface area contributed by atoms with Gasteiger partial charge in [-0.25, -0.2) is 17.5 Å². The van der Waals surface area contributed by atoms with E-state index in [1.807, 2.05) is 31.2 Å². The van der Waals surface area contributed by atoms with E-state index in [0.717, 1.165) is 34.1 Å². The van der Waals surface area contributed by atoms with Gasteiger partial charge in [-0.1, -0.05) is 37.3 Å². The lowest BCUT2D eigenvalue weighted by Crippen LogP contribution is -2.36. The molecule has 6 rings (SSSR count). The van der Waals surface area contributed by atoms with Gasteiger partial charge >= 0.3 is 0 Å². The number of ether oxygens (including phenoxy) is 1. The van der Waals surface area contributed by atoms with Gasteiger partial charge in [0.2, 0.25) is 10.0 Å². The van der Waals surface area contributed by atoms with E-state index >= 15 is 0 Å². The number of aromatic nitrogens is 4. The largest absolute Gasteiger partial charge is 0.496 e. The topological polar surface area (TPSA) is 82.2 Å². The molecule has 0 aliphatic carbocycles. The lowest BCUT2D eigenvalue weighted by Gasteiger charge is -2.32. The fourth-order valence-corrected chi connectivity index (χ4v) is 7.37. The Morgan fingerprint density at radius 2 is 1.80 bits per heavy atom. The first-order valence-corrected chi connectivity index (χ1v) is 15.2. The number of nitrogens with zero attached hydrogens (tertiary/aromatic N) is 5. The molecule has 0 N–H and O–H groups in total. The third-order valence-electron chi connectivity index (χ3n) is 7.94. The van der Waals surface area contributed by atoms with Crippen LogP contribution in [0.2, 0.25) is 0 Å². The van der Waals surface area contributed by atoms with E-state index in [1.54, 1.807) is 45.3 Å². The Labute approximate surface area is 239 Å². The van der Waals surface area contributed by atoms with Crippen molar-refractivity contribution in [2.24, 2.45) is 0 Å². The molecule has 3 aromatic carbocycles. The van der Waals surface area contributed by atoms with Crippen LogP contribution in [0.1, 0.15) is 30.9 Å². The fraction of sp³-hybridized carbons (Fsp3) is 0.290. The van der Waals surface area contributed by atoms with Crippen LogP contribution in [0.25, 0.3) is 16.6 Å². The van der Waals surface area contributed by atoms with Gasteiger partial charge in [-0.2, -0.15) is 14.5 Å². The highest BCUT2D eigenvalue weighted by molar-refractivity contribution is 7.89. The second-order valence-electron chi connectivity index (χ2n) is 10.6. The lowest BCUT2D eigenvalue weighted by molar-refractivity contribution is 0.371. The van der Waals surface area contributed by atoms with Gasteiger partial charge in [0.15, 0.2) is 0 Å². The van der Waals surface area contributed by atoms with Crippen LogP contribution in [0.15, 0.2) is 90.2 Å². The van der Waals surface area contributed by atoms with Crippen molar-refractivity contribution in [2.45, 2.75) is 43.0 Å². The highest BCUT2D eigenvalue weighted by atomic mass is 32.2. The summed E-state index contributed by atoms with van der Waals surface area (Å²) in [6.45, 7) is 3.37. The molecule has 1 unspecified atom stereocenters. The van der Waals surface area contributed by atoms with Crippen LogP contribution < -0.4 is 4.74 Å². The van der Waals surface area contributed by atoms with Crippen LogP contribution >= 0.6 is 0 Å². The summed E-state index contributed by atoms with van der Waals surface area (Å²) >= 11 is 0. The van der Waals surface area contributed by atoms with Crippen molar-refractivity contribution < 1.29 is 17.5 Å². The minimum atomic E-state index is -3.74. The first kappa shape index (κ1) is 27.2. The number of hydrogen-bond acceptors (Lipinski definition) is 5. The number of benzene rings is 3. The van der Waals surface area contributed by atoms with Crippen molar-refractivity contribution >= 4 is 20.9 Å². The Morgan fingerprint density at radius 1 is 1.02 bits per heavy atom. The van der Waals surface area contributed by atoms with E-state index in [2.05, 4.69) is 28.4 Å². The molecule has 10 heteroatoms. The predicted molar refractivity (Wildman–Crippen MR) is 155 cm³/mol. The molecular weight excluding hydrogens is 541 g/mol. The van der Waals surface area contributed by atoms with Gasteiger partial charge in [-0.15, -0.1) is 0 Å². The molecule has 0 radical (unpaired) electrons. The number of methoxy groups -OCH3 is 1. The van der Waals surface area contributed by atoms with Gasteiger partial charge in [-0.05, 0) is 55.2 Å². The minimum absolute atomic E-state index is 0.212. The van der Waals surface area contributed by atoms with Crippen molar-refractivity contribution in [2.75, 3.05) is 20.2 Å².